The van der Waals surface area contributed by atoms with Crippen LogP contribution >= 0.6 is 11.6 Å². The lowest BCUT2D eigenvalue weighted by Gasteiger charge is -2.35. The van der Waals surface area contributed by atoms with Gasteiger partial charge in [-0.2, -0.15) is 13.2 Å². The minimum atomic E-state index is -4.88. The first-order valence-corrected chi connectivity index (χ1v) is 11.2. The van der Waals surface area contributed by atoms with Crippen LogP contribution in [0.5, 0.6) is 0 Å². The van der Waals surface area contributed by atoms with Gasteiger partial charge < -0.3 is 16.1 Å². The zero-order valence-electron chi connectivity index (χ0n) is 18.6. The molecule has 2 heterocycles. The second kappa shape index (κ2) is 8.89. The number of nitrogen functional groups attached to an aromatic ring is 1. The van der Waals surface area contributed by atoms with Gasteiger partial charge in [-0.3, -0.25) is 15.5 Å². The average molecular weight is 538 g/mol. The lowest BCUT2D eigenvalue weighted by atomic mass is 9.90. The predicted molar refractivity (Wildman–Crippen MR) is 126 cm³/mol. The number of alkyl halides is 3. The van der Waals surface area contributed by atoms with E-state index in [-0.39, 0.29) is 28.9 Å². The molecule has 0 bridgehead atoms. The first kappa shape index (κ1) is 24.8. The highest BCUT2D eigenvalue weighted by Gasteiger charge is 2.41. The van der Waals surface area contributed by atoms with E-state index in [0.29, 0.717) is 41.1 Å². The Kier molecular flexibility index (Phi) is 5.95. The van der Waals surface area contributed by atoms with Crippen LogP contribution in [0, 0.1) is 11.6 Å². The Morgan fingerprint density at radius 3 is 2.54 bits per heavy atom. The van der Waals surface area contributed by atoms with Gasteiger partial charge in [0.15, 0.2) is 0 Å². The Labute approximate surface area is 211 Å². The Morgan fingerprint density at radius 1 is 1.08 bits per heavy atom. The second-order valence-electron chi connectivity index (χ2n) is 8.49. The molecule has 0 saturated heterocycles. The van der Waals surface area contributed by atoms with E-state index in [4.69, 9.17) is 17.4 Å². The summed E-state index contributed by atoms with van der Waals surface area (Å²) >= 11 is 6.33. The third kappa shape index (κ3) is 4.31. The molecule has 1 unspecified atom stereocenters. The van der Waals surface area contributed by atoms with Gasteiger partial charge in [0.2, 0.25) is 0 Å². The van der Waals surface area contributed by atoms with Gasteiger partial charge in [-0.05, 0) is 48.9 Å². The van der Waals surface area contributed by atoms with E-state index in [9.17, 15) is 31.5 Å². The number of nitrogens with two attached hydrogens (primary N) is 1. The van der Waals surface area contributed by atoms with Crippen LogP contribution < -0.4 is 26.8 Å². The highest BCUT2D eigenvalue weighted by Crippen LogP contribution is 2.49. The number of hydrogen-bond acceptors (Lipinski definition) is 4. The van der Waals surface area contributed by atoms with Gasteiger partial charge >= 0.3 is 12.2 Å². The van der Waals surface area contributed by atoms with Gasteiger partial charge in [0.05, 0.1) is 28.7 Å². The van der Waals surface area contributed by atoms with Crippen LogP contribution in [0.2, 0.25) is 5.02 Å². The monoisotopic (exact) mass is 537 g/mol. The molecule has 0 aromatic heterocycles. The van der Waals surface area contributed by atoms with Gasteiger partial charge in [0.25, 0.3) is 5.91 Å². The summed E-state index contributed by atoms with van der Waals surface area (Å²) < 4.78 is 67.7. The van der Waals surface area contributed by atoms with Crippen molar-refractivity contribution in [2.24, 2.45) is 5.84 Å². The molecular formula is C24H17ClF5N5O2. The van der Waals surface area contributed by atoms with Gasteiger partial charge in [-0.25, -0.2) is 13.6 Å². The van der Waals surface area contributed by atoms with Crippen molar-refractivity contribution in [2.75, 3.05) is 22.2 Å². The lowest BCUT2D eigenvalue weighted by molar-refractivity contribution is -0.137. The van der Waals surface area contributed by atoms with Crippen LogP contribution in [0.1, 0.15) is 38.7 Å². The molecule has 7 nitrogen and oxygen atoms in total. The van der Waals surface area contributed by atoms with E-state index in [1.807, 2.05) is 0 Å². The summed E-state index contributed by atoms with van der Waals surface area (Å²) in [6.07, 6.45) is -4.47. The van der Waals surface area contributed by atoms with Crippen molar-refractivity contribution in [3.05, 3.63) is 86.9 Å². The summed E-state index contributed by atoms with van der Waals surface area (Å²) in [5.41, 5.74) is 2.54. The van der Waals surface area contributed by atoms with Crippen LogP contribution in [0.25, 0.3) is 0 Å². The topological polar surface area (TPSA) is 99.5 Å². The van der Waals surface area contributed by atoms with Crippen LogP contribution in [-0.2, 0) is 12.6 Å². The SMILES string of the molecule is NNc1cc(NC(=O)c2cc(F)cc(C(F)(F)F)c2)c2c3c1CCN3C(=O)NC2c1cc(F)ccc1Cl. The largest absolute Gasteiger partial charge is 0.416 e. The fourth-order valence-electron chi connectivity index (χ4n) is 4.67. The zero-order valence-corrected chi connectivity index (χ0v) is 19.4. The molecule has 37 heavy (non-hydrogen) atoms. The van der Waals surface area contributed by atoms with Crippen molar-refractivity contribution in [3.8, 4) is 0 Å². The van der Waals surface area contributed by atoms with E-state index < -0.39 is 46.9 Å². The summed E-state index contributed by atoms with van der Waals surface area (Å²) in [7, 11) is 0. The number of carbonyl (C=O) groups excluding carboxylic acids is 2. The summed E-state index contributed by atoms with van der Waals surface area (Å²) in [6, 6.07) is 4.97. The minimum Gasteiger partial charge on any atom is -0.327 e. The van der Waals surface area contributed by atoms with E-state index in [1.165, 1.54) is 17.0 Å². The first-order valence-electron chi connectivity index (χ1n) is 10.9. The summed E-state index contributed by atoms with van der Waals surface area (Å²) in [5.74, 6) is 2.75. The van der Waals surface area contributed by atoms with Crippen molar-refractivity contribution >= 4 is 40.6 Å². The van der Waals surface area contributed by atoms with E-state index in [1.54, 1.807) is 0 Å². The highest BCUT2D eigenvalue weighted by molar-refractivity contribution is 6.31. The third-order valence-corrected chi connectivity index (χ3v) is 6.61. The van der Waals surface area contributed by atoms with E-state index in [2.05, 4.69) is 16.1 Å². The maximum Gasteiger partial charge on any atom is 0.416 e. The first-order chi connectivity index (χ1) is 17.5. The minimum absolute atomic E-state index is 0.0479. The number of rotatable bonds is 4. The molecule has 3 aromatic rings. The maximum atomic E-state index is 14.2. The molecule has 3 aromatic carbocycles. The molecule has 0 saturated carbocycles. The molecule has 5 rings (SSSR count). The van der Waals surface area contributed by atoms with Crippen LogP contribution in [0.3, 0.4) is 0 Å². The quantitative estimate of drug-likeness (QED) is 0.205. The molecule has 0 aliphatic carbocycles. The molecule has 0 fully saturated rings. The number of nitrogens with zero attached hydrogens (tertiary/aromatic N) is 1. The Bertz CT molecular complexity index is 1460. The number of hydrogen-bond donors (Lipinski definition) is 4. The summed E-state index contributed by atoms with van der Waals surface area (Å²) in [5, 5.41) is 5.38. The van der Waals surface area contributed by atoms with Gasteiger partial charge in [-0.15, -0.1) is 0 Å². The predicted octanol–water partition coefficient (Wildman–Crippen LogP) is 5.35. The van der Waals surface area contributed by atoms with Crippen LogP contribution in [0.4, 0.5) is 43.8 Å². The highest BCUT2D eigenvalue weighted by atomic mass is 35.5. The van der Waals surface area contributed by atoms with E-state index in [0.717, 1.165) is 12.1 Å². The zero-order chi connectivity index (χ0) is 26.6. The number of nitrogens with one attached hydrogen (secondary N) is 3. The molecule has 0 spiro atoms. The summed E-state index contributed by atoms with van der Waals surface area (Å²) in [6.45, 7) is 0.280. The summed E-state index contributed by atoms with van der Waals surface area (Å²) in [4.78, 5) is 27.4. The van der Waals surface area contributed by atoms with Crippen LogP contribution in [0.15, 0.2) is 42.5 Å². The molecule has 3 amide bonds. The Hall–Kier alpha value is -3.90. The Morgan fingerprint density at radius 2 is 1.84 bits per heavy atom. The smallest absolute Gasteiger partial charge is 0.327 e. The van der Waals surface area contributed by atoms with Crippen LogP contribution in [-0.4, -0.2) is 18.5 Å². The standard InChI is InChI=1S/C24H17ClF5N5O2/c25-16-2-1-12(26)8-15(16)20-19-18(9-17(34-31)14-3-4-35(21(14)19)23(37)33-20)32-22(36)10-5-11(24(28,29)30)7-13(27)6-10/h1-2,5-9,20,34H,3-4,31H2,(H,32,36)(H,33,37). The number of amides is 3. The number of urea groups is 1. The van der Waals surface area contributed by atoms with Crippen molar-refractivity contribution in [1.29, 1.82) is 0 Å². The molecule has 2 aliphatic heterocycles. The average Bonchev–Trinajstić information content (AvgIpc) is 3.28. The third-order valence-electron chi connectivity index (χ3n) is 6.26. The van der Waals surface area contributed by atoms with E-state index >= 15 is 0 Å². The van der Waals surface area contributed by atoms with Crippen molar-refractivity contribution in [1.82, 2.24) is 5.32 Å². The normalized spacial score (nSPS) is 16.4. The molecule has 0 radical (unpaired) electrons. The molecule has 1 atom stereocenters. The number of benzene rings is 3. The molecule has 192 valence electrons. The molecule has 2 aliphatic rings. The number of halogens is 6. The van der Waals surface area contributed by atoms with Gasteiger partial charge in [-0.1, -0.05) is 11.6 Å². The fraction of sp³-hybridized carbons (Fsp3) is 0.167. The number of anilines is 3. The fourth-order valence-corrected chi connectivity index (χ4v) is 4.90. The van der Waals surface area contributed by atoms with Crippen molar-refractivity contribution in [2.45, 2.75) is 18.6 Å². The molecule has 13 heteroatoms. The number of hydrazine groups is 1. The second-order valence-corrected chi connectivity index (χ2v) is 8.89. The number of carbonyl (C=O) groups is 2. The molecule has 5 N–H and O–H groups in total. The van der Waals surface area contributed by atoms with Crippen molar-refractivity contribution in [3.63, 3.8) is 0 Å². The van der Waals surface area contributed by atoms with Gasteiger partial charge in [0.1, 0.15) is 11.6 Å². The van der Waals surface area contributed by atoms with Crippen molar-refractivity contribution < 1.29 is 31.5 Å². The maximum absolute atomic E-state index is 14.2. The van der Waals surface area contributed by atoms with Gasteiger partial charge in [0, 0.05) is 33.8 Å². The molecular weight excluding hydrogens is 521 g/mol. The Balaban J connectivity index is 1.67. The lowest BCUT2D eigenvalue weighted by Crippen LogP contribution is -2.46.